The zero-order valence-corrected chi connectivity index (χ0v) is 14.0. The Morgan fingerprint density at radius 3 is 2.45 bits per heavy atom. The summed E-state index contributed by atoms with van der Waals surface area (Å²) in [6.45, 7) is 2.87. The number of urea groups is 1. The summed E-state index contributed by atoms with van der Waals surface area (Å²) < 4.78 is 0. The van der Waals surface area contributed by atoms with E-state index >= 15 is 0 Å². The third-order valence-electron chi connectivity index (χ3n) is 4.20. The van der Waals surface area contributed by atoms with Gasteiger partial charge < -0.3 is 14.9 Å². The summed E-state index contributed by atoms with van der Waals surface area (Å²) in [6, 6.07) is 1.17. The molecule has 1 saturated heterocycles. The van der Waals surface area contributed by atoms with Crippen LogP contribution in [-0.2, 0) is 4.79 Å². The molecule has 7 heteroatoms. The van der Waals surface area contributed by atoms with Gasteiger partial charge in [0.25, 0.3) is 0 Å². The Kier molecular flexibility index (Phi) is 5.42. The smallest absolute Gasteiger partial charge is 0.326 e. The van der Waals surface area contributed by atoms with Crippen molar-refractivity contribution in [3.05, 3.63) is 16.8 Å². The summed E-state index contributed by atoms with van der Waals surface area (Å²) in [5.41, 5.74) is 0.652. The Morgan fingerprint density at radius 1 is 1.36 bits per heavy atom. The van der Waals surface area contributed by atoms with Gasteiger partial charge in [0, 0.05) is 24.5 Å². The number of anilines is 1. The van der Waals surface area contributed by atoms with Gasteiger partial charge >= 0.3 is 12.0 Å². The molecule has 122 valence electrons. The molecule has 0 aromatic carbocycles. The van der Waals surface area contributed by atoms with E-state index in [9.17, 15) is 14.7 Å². The Balaban J connectivity index is 2.12. The number of piperidine rings is 1. The quantitative estimate of drug-likeness (QED) is 0.921. The number of carbonyl (C=O) groups is 2. The molecule has 1 N–H and O–H groups in total. The normalized spacial score (nSPS) is 17.5. The topological polar surface area (TPSA) is 64.1 Å². The van der Waals surface area contributed by atoms with Crippen LogP contribution in [0.25, 0.3) is 0 Å². The van der Waals surface area contributed by atoms with Gasteiger partial charge in [-0.15, -0.1) is 0 Å². The standard InChI is InChI=1S/C15H23N3O3S/c1-11(14(19)20)18(13-6-9-22-10-13)15(21)17-7-4-12(5-8-17)16(2)3/h6,9-12H,4-5,7-8H2,1-3H3,(H,19,20)/t11-/m0/s1. The number of carboxylic acid groups (broad SMARTS) is 1. The molecule has 22 heavy (non-hydrogen) atoms. The van der Waals surface area contributed by atoms with E-state index in [2.05, 4.69) is 4.90 Å². The molecule has 1 aromatic rings. The van der Waals surface area contributed by atoms with E-state index in [4.69, 9.17) is 0 Å². The number of nitrogens with zero attached hydrogens (tertiary/aromatic N) is 3. The highest BCUT2D eigenvalue weighted by atomic mass is 32.1. The van der Waals surface area contributed by atoms with Gasteiger partial charge in [-0.2, -0.15) is 11.3 Å². The average molecular weight is 325 g/mol. The summed E-state index contributed by atoms with van der Waals surface area (Å²) in [6.07, 6.45) is 1.83. The van der Waals surface area contributed by atoms with Crippen LogP contribution in [0.1, 0.15) is 19.8 Å². The van der Waals surface area contributed by atoms with Crippen LogP contribution in [0.15, 0.2) is 16.8 Å². The summed E-state index contributed by atoms with van der Waals surface area (Å²) in [5, 5.41) is 13.0. The lowest BCUT2D eigenvalue weighted by atomic mass is 10.0. The average Bonchev–Trinajstić information content (AvgIpc) is 3.01. The van der Waals surface area contributed by atoms with Crippen LogP contribution < -0.4 is 4.90 Å². The summed E-state index contributed by atoms with van der Waals surface area (Å²) in [5.74, 6) is -0.997. The van der Waals surface area contributed by atoms with Gasteiger partial charge in [0.05, 0.1) is 5.69 Å². The molecule has 0 aliphatic carbocycles. The molecule has 1 atom stereocenters. The molecular weight excluding hydrogens is 302 g/mol. The molecule has 2 rings (SSSR count). The van der Waals surface area contributed by atoms with Crippen LogP contribution in [0.3, 0.4) is 0 Å². The van der Waals surface area contributed by atoms with Gasteiger partial charge in [0.1, 0.15) is 6.04 Å². The number of thiophene rings is 1. The SMILES string of the molecule is C[C@@H](C(=O)O)N(C(=O)N1CCC(N(C)C)CC1)c1ccsc1. The Labute approximate surface area is 134 Å². The predicted octanol–water partition coefficient (Wildman–Crippen LogP) is 2.17. The van der Waals surface area contributed by atoms with E-state index in [1.807, 2.05) is 24.9 Å². The third kappa shape index (κ3) is 3.59. The molecule has 1 aromatic heterocycles. The maximum Gasteiger partial charge on any atom is 0.326 e. The van der Waals surface area contributed by atoms with Crippen molar-refractivity contribution in [1.29, 1.82) is 0 Å². The van der Waals surface area contributed by atoms with E-state index < -0.39 is 12.0 Å². The van der Waals surface area contributed by atoms with E-state index in [1.54, 1.807) is 17.9 Å². The van der Waals surface area contributed by atoms with Crippen LogP contribution in [0.2, 0.25) is 0 Å². The van der Waals surface area contributed by atoms with E-state index in [-0.39, 0.29) is 6.03 Å². The van der Waals surface area contributed by atoms with Crippen LogP contribution >= 0.6 is 11.3 Å². The highest BCUT2D eigenvalue weighted by Crippen LogP contribution is 2.24. The largest absolute Gasteiger partial charge is 0.480 e. The molecule has 6 nitrogen and oxygen atoms in total. The van der Waals surface area contributed by atoms with Crippen molar-refractivity contribution in [2.45, 2.75) is 31.8 Å². The monoisotopic (exact) mass is 325 g/mol. The van der Waals surface area contributed by atoms with Crippen molar-refractivity contribution in [2.24, 2.45) is 0 Å². The van der Waals surface area contributed by atoms with Crippen molar-refractivity contribution in [3.8, 4) is 0 Å². The second kappa shape index (κ2) is 7.11. The van der Waals surface area contributed by atoms with Gasteiger partial charge in [-0.3, -0.25) is 4.90 Å². The fourth-order valence-electron chi connectivity index (χ4n) is 2.73. The van der Waals surface area contributed by atoms with E-state index in [0.717, 1.165) is 12.8 Å². The van der Waals surface area contributed by atoms with Gasteiger partial charge in [0.15, 0.2) is 0 Å². The summed E-state index contributed by atoms with van der Waals surface area (Å²) in [7, 11) is 4.10. The first kappa shape index (κ1) is 16.8. The molecule has 0 bridgehead atoms. The second-order valence-corrected chi connectivity index (χ2v) is 6.61. The minimum absolute atomic E-state index is 0.217. The maximum atomic E-state index is 12.8. The highest BCUT2D eigenvalue weighted by Gasteiger charge is 2.33. The van der Waals surface area contributed by atoms with Crippen molar-refractivity contribution in [2.75, 3.05) is 32.1 Å². The first-order valence-electron chi connectivity index (χ1n) is 7.41. The van der Waals surface area contributed by atoms with Crippen LogP contribution in [0.5, 0.6) is 0 Å². The van der Waals surface area contributed by atoms with Crippen molar-refractivity contribution in [3.63, 3.8) is 0 Å². The molecule has 0 radical (unpaired) electrons. The van der Waals surface area contributed by atoms with Crippen molar-refractivity contribution >= 4 is 29.0 Å². The lowest BCUT2D eigenvalue weighted by Crippen LogP contribution is -2.53. The Bertz CT molecular complexity index is 510. The highest BCUT2D eigenvalue weighted by molar-refractivity contribution is 7.08. The molecule has 0 unspecified atom stereocenters. The number of rotatable bonds is 4. The lowest BCUT2D eigenvalue weighted by molar-refractivity contribution is -0.138. The summed E-state index contributed by atoms with van der Waals surface area (Å²) in [4.78, 5) is 29.5. The number of amides is 2. The van der Waals surface area contributed by atoms with Crippen LogP contribution in [0.4, 0.5) is 10.5 Å². The van der Waals surface area contributed by atoms with E-state index in [1.165, 1.54) is 16.2 Å². The fraction of sp³-hybridized carbons (Fsp3) is 0.600. The van der Waals surface area contributed by atoms with Crippen LogP contribution in [0, 0.1) is 0 Å². The summed E-state index contributed by atoms with van der Waals surface area (Å²) >= 11 is 1.45. The van der Waals surface area contributed by atoms with Gasteiger partial charge in [-0.1, -0.05) is 0 Å². The van der Waals surface area contributed by atoms with E-state index in [0.29, 0.717) is 24.8 Å². The lowest BCUT2D eigenvalue weighted by Gasteiger charge is -2.38. The van der Waals surface area contributed by atoms with Crippen LogP contribution in [-0.4, -0.2) is 66.2 Å². The Hall–Kier alpha value is -1.60. The molecule has 2 heterocycles. The fourth-order valence-corrected chi connectivity index (χ4v) is 3.36. The molecule has 0 saturated carbocycles. The third-order valence-corrected chi connectivity index (χ3v) is 4.87. The molecule has 2 amide bonds. The number of carbonyl (C=O) groups excluding carboxylic acids is 1. The second-order valence-electron chi connectivity index (χ2n) is 5.83. The predicted molar refractivity (Wildman–Crippen MR) is 87.6 cm³/mol. The van der Waals surface area contributed by atoms with Gasteiger partial charge in [0.2, 0.25) is 0 Å². The van der Waals surface area contributed by atoms with Gasteiger partial charge in [-0.05, 0) is 45.3 Å². The van der Waals surface area contributed by atoms with Crippen molar-refractivity contribution < 1.29 is 14.7 Å². The minimum atomic E-state index is -0.997. The minimum Gasteiger partial charge on any atom is -0.480 e. The van der Waals surface area contributed by atoms with Crippen molar-refractivity contribution in [1.82, 2.24) is 9.80 Å². The van der Waals surface area contributed by atoms with Gasteiger partial charge in [-0.25, -0.2) is 9.59 Å². The first-order chi connectivity index (χ1) is 10.4. The molecule has 1 fully saturated rings. The first-order valence-corrected chi connectivity index (χ1v) is 8.35. The number of hydrogen-bond donors (Lipinski definition) is 1. The maximum absolute atomic E-state index is 12.8. The molecule has 0 spiro atoms. The number of likely N-dealkylation sites (tertiary alicyclic amines) is 1. The number of carboxylic acids is 1. The number of aliphatic carboxylic acids is 1. The molecule has 1 aliphatic rings. The number of hydrogen-bond acceptors (Lipinski definition) is 4. The molecular formula is C15H23N3O3S. The zero-order valence-electron chi connectivity index (χ0n) is 13.2. The zero-order chi connectivity index (χ0) is 16.3. The Morgan fingerprint density at radius 2 is 2.00 bits per heavy atom. The molecule has 1 aliphatic heterocycles.